The number of hydrogen-bond acceptors (Lipinski definition) is 3. The first kappa shape index (κ1) is 13.2. The molecule has 1 saturated heterocycles. The van der Waals surface area contributed by atoms with Gasteiger partial charge in [0, 0.05) is 22.5 Å². The molecule has 2 N–H and O–H groups in total. The molecule has 94 valence electrons. The highest BCUT2D eigenvalue weighted by molar-refractivity contribution is 7.98. The molecule has 0 aliphatic carbocycles. The van der Waals surface area contributed by atoms with E-state index in [9.17, 15) is 0 Å². The van der Waals surface area contributed by atoms with Crippen molar-refractivity contribution in [2.45, 2.75) is 17.4 Å². The van der Waals surface area contributed by atoms with Crippen LogP contribution in [-0.2, 0) is 0 Å². The monoisotopic (exact) mass is 270 g/mol. The van der Waals surface area contributed by atoms with Crippen LogP contribution in [0, 0.1) is 5.92 Å². The second kappa shape index (κ2) is 5.61. The van der Waals surface area contributed by atoms with Crippen molar-refractivity contribution in [3.05, 3.63) is 28.8 Å². The maximum absolute atomic E-state index is 6.32. The Morgan fingerprint density at radius 3 is 2.88 bits per heavy atom. The van der Waals surface area contributed by atoms with Crippen LogP contribution in [0.25, 0.3) is 0 Å². The molecule has 1 heterocycles. The third-order valence-electron chi connectivity index (χ3n) is 3.53. The minimum atomic E-state index is 0.420. The Morgan fingerprint density at radius 2 is 2.29 bits per heavy atom. The van der Waals surface area contributed by atoms with Gasteiger partial charge in [0.1, 0.15) is 0 Å². The van der Waals surface area contributed by atoms with Crippen LogP contribution >= 0.6 is 23.4 Å². The summed E-state index contributed by atoms with van der Waals surface area (Å²) in [6.45, 7) is 1.83. The van der Waals surface area contributed by atoms with Crippen molar-refractivity contribution in [2.75, 3.05) is 26.4 Å². The van der Waals surface area contributed by atoms with Crippen LogP contribution in [0.1, 0.15) is 18.0 Å². The summed E-state index contributed by atoms with van der Waals surface area (Å²) >= 11 is 8.08. The Morgan fingerprint density at radius 1 is 1.53 bits per heavy atom. The summed E-state index contributed by atoms with van der Waals surface area (Å²) in [5, 5.41) is 0.873. The summed E-state index contributed by atoms with van der Waals surface area (Å²) in [5.41, 5.74) is 7.01. The van der Waals surface area contributed by atoms with Gasteiger partial charge >= 0.3 is 0 Å². The number of halogens is 1. The fourth-order valence-corrected chi connectivity index (χ4v) is 3.24. The molecule has 2 nitrogen and oxygen atoms in total. The number of nitrogens with zero attached hydrogens (tertiary/aromatic N) is 1. The quantitative estimate of drug-likeness (QED) is 0.856. The summed E-state index contributed by atoms with van der Waals surface area (Å²) in [6.07, 6.45) is 3.21. The third-order valence-corrected chi connectivity index (χ3v) is 4.60. The molecule has 0 saturated carbocycles. The predicted octanol–water partition coefficient (Wildman–Crippen LogP) is 3.01. The van der Waals surface area contributed by atoms with Gasteiger partial charge in [-0.2, -0.15) is 0 Å². The number of nitrogens with two attached hydrogens (primary N) is 1. The Hall–Kier alpha value is -0.220. The van der Waals surface area contributed by atoms with Crippen molar-refractivity contribution in [2.24, 2.45) is 11.7 Å². The van der Waals surface area contributed by atoms with Crippen molar-refractivity contribution in [1.29, 1.82) is 0 Å². The molecule has 1 aliphatic rings. The maximum atomic E-state index is 6.32. The molecule has 4 heteroatoms. The smallest absolute Gasteiger partial charge is 0.0454 e. The summed E-state index contributed by atoms with van der Waals surface area (Å²) in [4.78, 5) is 3.64. The van der Waals surface area contributed by atoms with Crippen molar-refractivity contribution in [1.82, 2.24) is 4.90 Å². The molecule has 0 amide bonds. The van der Waals surface area contributed by atoms with E-state index in [0.717, 1.165) is 24.5 Å². The van der Waals surface area contributed by atoms with E-state index in [1.54, 1.807) is 11.8 Å². The Kier molecular flexibility index (Phi) is 4.36. The summed E-state index contributed by atoms with van der Waals surface area (Å²) in [5.74, 6) is 0.596. The molecule has 0 bridgehead atoms. The molecule has 1 aromatic carbocycles. The van der Waals surface area contributed by atoms with E-state index in [2.05, 4.69) is 30.3 Å². The van der Waals surface area contributed by atoms with Crippen LogP contribution in [0.4, 0.5) is 0 Å². The van der Waals surface area contributed by atoms with E-state index in [0.29, 0.717) is 12.0 Å². The first-order valence-corrected chi connectivity index (χ1v) is 7.49. The van der Waals surface area contributed by atoms with Gasteiger partial charge in [-0.05, 0) is 55.9 Å². The molecule has 17 heavy (non-hydrogen) atoms. The van der Waals surface area contributed by atoms with E-state index in [1.165, 1.54) is 10.5 Å². The molecule has 1 aliphatic heterocycles. The summed E-state index contributed by atoms with van der Waals surface area (Å²) < 4.78 is 0. The van der Waals surface area contributed by atoms with Crippen LogP contribution in [0.15, 0.2) is 23.1 Å². The van der Waals surface area contributed by atoms with Gasteiger partial charge in [-0.1, -0.05) is 11.6 Å². The Bertz CT molecular complexity index is 397. The van der Waals surface area contributed by atoms with Crippen LogP contribution in [0.2, 0.25) is 5.02 Å². The lowest BCUT2D eigenvalue weighted by Gasteiger charge is -2.21. The van der Waals surface area contributed by atoms with E-state index in [-0.39, 0.29) is 0 Å². The van der Waals surface area contributed by atoms with Gasteiger partial charge in [-0.25, -0.2) is 0 Å². The lowest BCUT2D eigenvalue weighted by atomic mass is 10.00. The molecule has 2 unspecified atom stereocenters. The SMILES string of the molecule is CSc1ccc(Cl)c(C2CC(CN)CN2C)c1. The first-order chi connectivity index (χ1) is 8.15. The fourth-order valence-electron chi connectivity index (χ4n) is 2.54. The normalized spacial score (nSPS) is 25.4. The summed E-state index contributed by atoms with van der Waals surface area (Å²) in [6, 6.07) is 6.72. The number of rotatable bonds is 3. The van der Waals surface area contributed by atoms with Crippen molar-refractivity contribution in [3.8, 4) is 0 Å². The van der Waals surface area contributed by atoms with Gasteiger partial charge in [0.05, 0.1) is 0 Å². The lowest BCUT2D eigenvalue weighted by Crippen LogP contribution is -2.20. The van der Waals surface area contributed by atoms with E-state index >= 15 is 0 Å². The van der Waals surface area contributed by atoms with Gasteiger partial charge in [0.25, 0.3) is 0 Å². The van der Waals surface area contributed by atoms with Crippen molar-refractivity contribution < 1.29 is 0 Å². The largest absolute Gasteiger partial charge is 0.330 e. The molecule has 1 fully saturated rings. The molecule has 2 rings (SSSR count). The number of likely N-dealkylation sites (tertiary alicyclic amines) is 1. The van der Waals surface area contributed by atoms with Gasteiger partial charge in [-0.3, -0.25) is 4.90 Å². The van der Waals surface area contributed by atoms with Crippen molar-refractivity contribution >= 4 is 23.4 Å². The lowest BCUT2D eigenvalue weighted by molar-refractivity contribution is 0.313. The van der Waals surface area contributed by atoms with Crippen molar-refractivity contribution in [3.63, 3.8) is 0 Å². The van der Waals surface area contributed by atoms with E-state index in [4.69, 9.17) is 17.3 Å². The maximum Gasteiger partial charge on any atom is 0.0454 e. The molecule has 0 spiro atoms. The molecular formula is C13H19ClN2S. The number of hydrogen-bond donors (Lipinski definition) is 1. The standard InChI is InChI=1S/C13H19ClN2S/c1-16-8-9(7-15)5-13(16)11-6-10(17-2)3-4-12(11)14/h3-4,6,9,13H,5,7-8,15H2,1-2H3. The van der Waals surface area contributed by atoms with E-state index < -0.39 is 0 Å². The topological polar surface area (TPSA) is 29.3 Å². The van der Waals surface area contributed by atoms with Gasteiger partial charge in [0.2, 0.25) is 0 Å². The van der Waals surface area contributed by atoms with Crippen LogP contribution < -0.4 is 5.73 Å². The van der Waals surface area contributed by atoms with E-state index in [1.807, 2.05) is 6.07 Å². The Labute approximate surface area is 113 Å². The minimum Gasteiger partial charge on any atom is -0.330 e. The van der Waals surface area contributed by atoms with Gasteiger partial charge in [-0.15, -0.1) is 11.8 Å². The summed E-state index contributed by atoms with van der Waals surface area (Å²) in [7, 11) is 2.16. The van der Waals surface area contributed by atoms with Gasteiger partial charge in [0.15, 0.2) is 0 Å². The van der Waals surface area contributed by atoms with Gasteiger partial charge < -0.3 is 5.73 Å². The highest BCUT2D eigenvalue weighted by Crippen LogP contribution is 2.38. The zero-order valence-corrected chi connectivity index (χ0v) is 11.9. The molecule has 0 radical (unpaired) electrons. The van der Waals surface area contributed by atoms with Crippen LogP contribution in [0.5, 0.6) is 0 Å². The first-order valence-electron chi connectivity index (χ1n) is 5.89. The minimum absolute atomic E-state index is 0.420. The number of benzene rings is 1. The Balaban J connectivity index is 2.27. The third kappa shape index (κ3) is 2.79. The fraction of sp³-hybridized carbons (Fsp3) is 0.538. The average Bonchev–Trinajstić information content (AvgIpc) is 2.71. The zero-order valence-electron chi connectivity index (χ0n) is 10.3. The highest BCUT2D eigenvalue weighted by Gasteiger charge is 2.30. The second-order valence-electron chi connectivity index (χ2n) is 4.68. The molecular weight excluding hydrogens is 252 g/mol. The molecule has 0 aromatic heterocycles. The highest BCUT2D eigenvalue weighted by atomic mass is 35.5. The van der Waals surface area contributed by atoms with Crippen LogP contribution in [-0.4, -0.2) is 31.3 Å². The predicted molar refractivity (Wildman–Crippen MR) is 75.8 cm³/mol. The van der Waals surface area contributed by atoms with Crippen LogP contribution in [0.3, 0.4) is 0 Å². The number of thioether (sulfide) groups is 1. The molecule has 2 atom stereocenters. The molecule has 1 aromatic rings. The second-order valence-corrected chi connectivity index (χ2v) is 5.97. The average molecular weight is 271 g/mol. The zero-order chi connectivity index (χ0) is 12.4.